The first-order valence-corrected chi connectivity index (χ1v) is 14.7. The topological polar surface area (TPSA) is 0 Å². The Morgan fingerprint density at radius 2 is 1.52 bits per heavy atom. The van der Waals surface area contributed by atoms with Crippen molar-refractivity contribution in [3.8, 4) is 0 Å². The third-order valence-corrected chi connectivity index (χ3v) is 11.4. The zero-order chi connectivity index (χ0) is 20.5. The smallest absolute Gasteiger partial charge is 0.158 e. The predicted octanol–water partition coefficient (Wildman–Crippen LogP) is 8.81. The van der Waals surface area contributed by atoms with Crippen LogP contribution in [0.15, 0.2) is 30.6 Å². The summed E-state index contributed by atoms with van der Waals surface area (Å²) in [4.78, 5) is 0. The average Bonchev–Trinajstić information content (AvgIpc) is 2.78. The van der Waals surface area contributed by atoms with Gasteiger partial charge in [-0.15, -0.1) is 0 Å². The Hall–Kier alpha value is -0.963. The predicted molar refractivity (Wildman–Crippen MR) is 124 cm³/mol. The fourth-order valence-electron chi connectivity index (χ4n) is 5.85. The van der Waals surface area contributed by atoms with Crippen LogP contribution >= 0.6 is 0 Å². The van der Waals surface area contributed by atoms with Crippen LogP contribution < -0.4 is 0 Å². The summed E-state index contributed by atoms with van der Waals surface area (Å²) >= 11 is 0. The standard InChI is InChI=1S/C26H40F2Si/c1-2-17-29-18-15-22(16-19-29)6-4-3-5-21-7-9-23(10-8-21)24-11-13-25(14-12-24)26(28)20-27/h11-14,20-23,29H,2-10,15-19H2,1H3/b26-20-. The molecule has 2 fully saturated rings. The van der Waals surface area contributed by atoms with Gasteiger partial charge in [0, 0.05) is 14.4 Å². The van der Waals surface area contributed by atoms with Gasteiger partial charge in [0.15, 0.2) is 5.83 Å². The minimum Gasteiger partial charge on any atom is -0.212 e. The van der Waals surface area contributed by atoms with E-state index in [4.69, 9.17) is 0 Å². The zero-order valence-corrected chi connectivity index (χ0v) is 19.5. The van der Waals surface area contributed by atoms with Gasteiger partial charge in [-0.3, -0.25) is 0 Å². The average molecular weight is 419 g/mol. The first-order chi connectivity index (χ1) is 14.2. The summed E-state index contributed by atoms with van der Waals surface area (Å²) in [6.07, 6.45) is 15.5. The summed E-state index contributed by atoms with van der Waals surface area (Å²) < 4.78 is 25.6. The molecule has 0 bridgehead atoms. The van der Waals surface area contributed by atoms with Gasteiger partial charge in [-0.25, -0.2) is 8.78 Å². The molecule has 3 rings (SSSR count). The maximum atomic E-state index is 13.3. The molecule has 0 N–H and O–H groups in total. The summed E-state index contributed by atoms with van der Waals surface area (Å²) in [5, 5.41) is 0. The molecule has 29 heavy (non-hydrogen) atoms. The number of unbranched alkanes of at least 4 members (excludes halogenated alkanes) is 1. The van der Waals surface area contributed by atoms with Gasteiger partial charge in [0.05, 0.1) is 0 Å². The van der Waals surface area contributed by atoms with E-state index in [1.165, 1.54) is 63.4 Å². The molecular weight excluding hydrogens is 378 g/mol. The second-order valence-corrected chi connectivity index (χ2v) is 13.2. The van der Waals surface area contributed by atoms with Crippen molar-refractivity contribution in [2.75, 3.05) is 0 Å². The van der Waals surface area contributed by atoms with Crippen LogP contribution in [-0.4, -0.2) is 8.80 Å². The normalized spacial score (nSPS) is 28.4. The molecule has 0 spiro atoms. The minimum absolute atomic E-state index is 0.0411. The van der Waals surface area contributed by atoms with Crippen molar-refractivity contribution in [2.24, 2.45) is 11.8 Å². The molecule has 0 nitrogen and oxygen atoms in total. The molecule has 1 aliphatic heterocycles. The molecule has 0 aromatic heterocycles. The van der Waals surface area contributed by atoms with E-state index >= 15 is 0 Å². The lowest BCUT2D eigenvalue weighted by atomic mass is 9.77. The van der Waals surface area contributed by atoms with Crippen molar-refractivity contribution in [2.45, 2.75) is 102 Å². The molecule has 0 amide bonds. The molecule has 0 radical (unpaired) electrons. The molecule has 1 aromatic carbocycles. The van der Waals surface area contributed by atoms with Crippen LogP contribution in [-0.2, 0) is 0 Å². The van der Waals surface area contributed by atoms with Gasteiger partial charge in [0.25, 0.3) is 0 Å². The van der Waals surface area contributed by atoms with E-state index in [1.54, 1.807) is 43.1 Å². The summed E-state index contributed by atoms with van der Waals surface area (Å²) in [5.41, 5.74) is 1.63. The van der Waals surface area contributed by atoms with Gasteiger partial charge >= 0.3 is 0 Å². The largest absolute Gasteiger partial charge is 0.212 e. The van der Waals surface area contributed by atoms with Crippen LogP contribution in [0.2, 0.25) is 18.1 Å². The van der Waals surface area contributed by atoms with E-state index in [-0.39, 0.29) is 15.1 Å². The number of halogens is 2. The Labute approximate surface area is 178 Å². The van der Waals surface area contributed by atoms with Crippen LogP contribution in [0.25, 0.3) is 5.83 Å². The summed E-state index contributed by atoms with van der Waals surface area (Å²) in [6.45, 7) is 2.36. The second kappa shape index (κ2) is 12.0. The van der Waals surface area contributed by atoms with Gasteiger partial charge in [0.1, 0.15) is 6.33 Å². The molecule has 3 heteroatoms. The van der Waals surface area contributed by atoms with Crippen molar-refractivity contribution in [3.63, 3.8) is 0 Å². The molecule has 1 saturated carbocycles. The zero-order valence-electron chi connectivity index (χ0n) is 18.4. The Kier molecular flexibility index (Phi) is 9.42. The number of rotatable bonds is 9. The fourth-order valence-corrected chi connectivity index (χ4v) is 9.41. The van der Waals surface area contributed by atoms with E-state index in [2.05, 4.69) is 6.92 Å². The van der Waals surface area contributed by atoms with Crippen LogP contribution in [0.1, 0.15) is 94.6 Å². The first kappa shape index (κ1) is 22.7. The molecule has 0 unspecified atom stereocenters. The first-order valence-electron chi connectivity index (χ1n) is 12.3. The number of benzene rings is 1. The monoisotopic (exact) mass is 418 g/mol. The minimum atomic E-state index is -0.781. The van der Waals surface area contributed by atoms with E-state index < -0.39 is 5.83 Å². The van der Waals surface area contributed by atoms with Gasteiger partial charge in [-0.1, -0.05) is 94.3 Å². The summed E-state index contributed by atoms with van der Waals surface area (Å²) in [5.74, 6) is 1.77. The third kappa shape index (κ3) is 7.05. The van der Waals surface area contributed by atoms with E-state index in [9.17, 15) is 8.78 Å². The highest BCUT2D eigenvalue weighted by Gasteiger charge is 2.23. The molecule has 1 heterocycles. The lowest BCUT2D eigenvalue weighted by Gasteiger charge is -2.29. The van der Waals surface area contributed by atoms with Gasteiger partial charge in [0.2, 0.25) is 0 Å². The van der Waals surface area contributed by atoms with Crippen LogP contribution in [0.3, 0.4) is 0 Å². The second-order valence-electron chi connectivity index (χ2n) is 9.76. The van der Waals surface area contributed by atoms with E-state index in [0.29, 0.717) is 11.5 Å². The van der Waals surface area contributed by atoms with Crippen LogP contribution in [0.5, 0.6) is 0 Å². The molecule has 1 aliphatic carbocycles. The Balaban J connectivity index is 1.29. The van der Waals surface area contributed by atoms with Crippen molar-refractivity contribution >= 4 is 14.6 Å². The van der Waals surface area contributed by atoms with Gasteiger partial charge in [-0.05, 0) is 49.0 Å². The summed E-state index contributed by atoms with van der Waals surface area (Å²) in [6, 6.07) is 12.2. The lowest BCUT2D eigenvalue weighted by Crippen LogP contribution is -2.21. The van der Waals surface area contributed by atoms with E-state index in [1.807, 2.05) is 12.1 Å². The SMILES string of the molecule is CCC[SiH]1CCC(CCCCC2CCC(c3ccc(/C(F)=C/F)cc3)CC2)CC1. The summed E-state index contributed by atoms with van der Waals surface area (Å²) in [7, 11) is -0.309. The van der Waals surface area contributed by atoms with Crippen LogP contribution in [0.4, 0.5) is 8.78 Å². The van der Waals surface area contributed by atoms with Gasteiger partial charge in [-0.2, -0.15) is 0 Å². The molecule has 1 aromatic rings. The number of hydrogen-bond donors (Lipinski definition) is 0. The molecule has 162 valence electrons. The van der Waals surface area contributed by atoms with Crippen molar-refractivity contribution in [3.05, 3.63) is 41.7 Å². The van der Waals surface area contributed by atoms with Crippen molar-refractivity contribution in [1.29, 1.82) is 0 Å². The molecule has 2 aliphatic rings. The highest BCUT2D eigenvalue weighted by molar-refractivity contribution is 6.58. The highest BCUT2D eigenvalue weighted by atomic mass is 28.3. The maximum Gasteiger partial charge on any atom is 0.158 e. The number of hydrogen-bond acceptors (Lipinski definition) is 0. The fraction of sp³-hybridized carbons (Fsp3) is 0.692. The van der Waals surface area contributed by atoms with Gasteiger partial charge < -0.3 is 0 Å². The van der Waals surface area contributed by atoms with Crippen molar-refractivity contribution in [1.82, 2.24) is 0 Å². The Bertz CT molecular complexity index is 608. The maximum absolute atomic E-state index is 13.3. The highest BCUT2D eigenvalue weighted by Crippen LogP contribution is 2.38. The lowest BCUT2D eigenvalue weighted by molar-refractivity contribution is 0.297. The molecular formula is C26H40F2Si. The Morgan fingerprint density at radius 1 is 0.931 bits per heavy atom. The third-order valence-electron chi connectivity index (χ3n) is 7.74. The quantitative estimate of drug-likeness (QED) is 0.277. The van der Waals surface area contributed by atoms with Crippen molar-refractivity contribution < 1.29 is 8.78 Å². The van der Waals surface area contributed by atoms with E-state index in [0.717, 1.165) is 11.8 Å². The Morgan fingerprint density at radius 3 is 2.07 bits per heavy atom. The van der Waals surface area contributed by atoms with Crippen LogP contribution in [0, 0.1) is 11.8 Å². The molecule has 1 saturated heterocycles. The molecule has 0 atom stereocenters.